The molecule has 36 heavy (non-hydrogen) atoms. The lowest BCUT2D eigenvalue weighted by Gasteiger charge is -2.40. The Balaban J connectivity index is 1.53. The number of sulfone groups is 2. The summed E-state index contributed by atoms with van der Waals surface area (Å²) in [4.78, 5) is 13.8. The molecule has 1 saturated carbocycles. The van der Waals surface area contributed by atoms with Gasteiger partial charge in [0, 0.05) is 23.7 Å². The molecule has 0 aromatic heterocycles. The highest BCUT2D eigenvalue weighted by atomic mass is 35.5. The molecule has 2 fully saturated rings. The van der Waals surface area contributed by atoms with E-state index in [2.05, 4.69) is 0 Å². The van der Waals surface area contributed by atoms with Crippen molar-refractivity contribution in [1.29, 1.82) is 0 Å². The number of nitrogens with zero attached hydrogens (tertiary/aromatic N) is 1. The summed E-state index contributed by atoms with van der Waals surface area (Å²) in [5, 5.41) is 0.341. The maximum atomic E-state index is 14.9. The molecule has 196 valence electrons. The highest BCUT2D eigenvalue weighted by Crippen LogP contribution is 2.48. The summed E-state index contributed by atoms with van der Waals surface area (Å²) in [6.07, 6.45) is -0.152. The SMILES string of the molecule is O=C(COC1CCC(c2cc(F)ccc2F)(S(=O)(=O)c2ccc(Cl)cc2)CC1)N1CCS(=O)(=O)CC1. The van der Waals surface area contributed by atoms with Crippen LogP contribution in [0.2, 0.25) is 5.02 Å². The summed E-state index contributed by atoms with van der Waals surface area (Å²) in [6, 6.07) is 8.33. The summed E-state index contributed by atoms with van der Waals surface area (Å²) in [6.45, 7) is -0.0526. The van der Waals surface area contributed by atoms with Crippen molar-refractivity contribution in [3.63, 3.8) is 0 Å². The van der Waals surface area contributed by atoms with E-state index in [0.717, 1.165) is 18.2 Å². The van der Waals surface area contributed by atoms with Gasteiger partial charge < -0.3 is 9.64 Å². The monoisotopic (exact) mass is 561 g/mol. The summed E-state index contributed by atoms with van der Waals surface area (Å²) in [5.41, 5.74) is -0.235. The van der Waals surface area contributed by atoms with Gasteiger partial charge in [-0.3, -0.25) is 4.79 Å². The standard InChI is InChI=1S/C24H26ClF2NO6S2/c25-17-1-4-20(5-2-17)36(32,33)24(21-15-18(26)3-6-22(21)27)9-7-19(8-10-24)34-16-23(29)28-11-13-35(30,31)14-12-28/h1-6,15,19H,7-14,16H2. The Bertz CT molecular complexity index is 1330. The molecule has 7 nitrogen and oxygen atoms in total. The van der Waals surface area contributed by atoms with Crippen molar-refractivity contribution in [1.82, 2.24) is 4.90 Å². The first-order valence-corrected chi connectivity index (χ1v) is 15.2. The molecule has 1 aliphatic heterocycles. The van der Waals surface area contributed by atoms with Crippen molar-refractivity contribution in [2.75, 3.05) is 31.2 Å². The average molecular weight is 562 g/mol. The number of hydrogen-bond donors (Lipinski definition) is 0. The van der Waals surface area contributed by atoms with Gasteiger partial charge >= 0.3 is 0 Å². The molecular formula is C24H26ClF2NO6S2. The van der Waals surface area contributed by atoms with Gasteiger partial charge in [-0.2, -0.15) is 0 Å². The van der Waals surface area contributed by atoms with Crippen LogP contribution in [0.4, 0.5) is 8.78 Å². The zero-order chi connectivity index (χ0) is 26.1. The van der Waals surface area contributed by atoms with E-state index in [-0.39, 0.29) is 73.3 Å². The summed E-state index contributed by atoms with van der Waals surface area (Å²) in [7, 11) is -7.29. The third kappa shape index (κ3) is 5.44. The van der Waals surface area contributed by atoms with Crippen molar-refractivity contribution < 1.29 is 35.1 Å². The molecule has 12 heteroatoms. The second-order valence-electron chi connectivity index (χ2n) is 9.12. The van der Waals surface area contributed by atoms with Crippen molar-refractivity contribution in [2.24, 2.45) is 0 Å². The molecule has 1 amide bonds. The van der Waals surface area contributed by atoms with Gasteiger partial charge in [0.15, 0.2) is 19.7 Å². The van der Waals surface area contributed by atoms with E-state index in [1.54, 1.807) is 0 Å². The first-order chi connectivity index (χ1) is 16.9. The van der Waals surface area contributed by atoms with Gasteiger partial charge in [0.2, 0.25) is 5.91 Å². The number of hydrogen-bond acceptors (Lipinski definition) is 6. The molecule has 2 aliphatic rings. The first-order valence-electron chi connectivity index (χ1n) is 11.5. The van der Waals surface area contributed by atoms with Gasteiger partial charge in [-0.1, -0.05) is 11.6 Å². The van der Waals surface area contributed by atoms with Crippen molar-refractivity contribution >= 4 is 37.2 Å². The maximum absolute atomic E-state index is 14.9. The van der Waals surface area contributed by atoms with E-state index >= 15 is 0 Å². The Labute approximate surface area is 214 Å². The van der Waals surface area contributed by atoms with Crippen molar-refractivity contribution in [3.8, 4) is 0 Å². The molecule has 1 aliphatic carbocycles. The molecular weight excluding hydrogens is 536 g/mol. The molecule has 0 bridgehead atoms. The highest BCUT2D eigenvalue weighted by Gasteiger charge is 2.50. The fraction of sp³-hybridized carbons (Fsp3) is 0.458. The smallest absolute Gasteiger partial charge is 0.248 e. The lowest BCUT2D eigenvalue weighted by Crippen LogP contribution is -2.46. The lowest BCUT2D eigenvalue weighted by molar-refractivity contribution is -0.138. The second-order valence-corrected chi connectivity index (χ2v) is 14.1. The van der Waals surface area contributed by atoms with Crippen LogP contribution in [-0.4, -0.2) is 64.9 Å². The Morgan fingerprint density at radius 2 is 1.67 bits per heavy atom. The van der Waals surface area contributed by atoms with E-state index in [1.807, 2.05) is 0 Å². The first kappa shape index (κ1) is 27.0. The van der Waals surface area contributed by atoms with Gasteiger partial charge in [0.05, 0.1) is 22.5 Å². The number of ether oxygens (including phenoxy) is 1. The average Bonchev–Trinajstić information content (AvgIpc) is 2.84. The number of rotatable bonds is 6. The highest BCUT2D eigenvalue weighted by molar-refractivity contribution is 7.92. The maximum Gasteiger partial charge on any atom is 0.248 e. The van der Waals surface area contributed by atoms with Gasteiger partial charge in [-0.05, 0) is 68.1 Å². The van der Waals surface area contributed by atoms with E-state index in [0.29, 0.717) is 5.02 Å². The minimum Gasteiger partial charge on any atom is -0.368 e. The van der Waals surface area contributed by atoms with Crippen LogP contribution in [0.1, 0.15) is 31.2 Å². The Kier molecular flexibility index (Phi) is 7.76. The molecule has 0 spiro atoms. The van der Waals surface area contributed by atoms with E-state index < -0.39 is 42.2 Å². The molecule has 0 radical (unpaired) electrons. The predicted octanol–water partition coefficient (Wildman–Crippen LogP) is 3.50. The lowest BCUT2D eigenvalue weighted by atomic mass is 9.81. The zero-order valence-electron chi connectivity index (χ0n) is 19.3. The third-order valence-corrected chi connectivity index (χ3v) is 11.3. The number of carbonyl (C=O) groups excluding carboxylic acids is 1. The molecule has 0 atom stereocenters. The van der Waals surface area contributed by atoms with Crippen LogP contribution in [0.3, 0.4) is 0 Å². The van der Waals surface area contributed by atoms with Crippen LogP contribution in [-0.2, 0) is 34.0 Å². The van der Waals surface area contributed by atoms with Crippen LogP contribution in [0.15, 0.2) is 47.4 Å². The Morgan fingerprint density at radius 1 is 1.06 bits per heavy atom. The van der Waals surface area contributed by atoms with Crippen LogP contribution >= 0.6 is 11.6 Å². The van der Waals surface area contributed by atoms with Crippen LogP contribution in [0, 0.1) is 11.6 Å². The van der Waals surface area contributed by atoms with Crippen LogP contribution < -0.4 is 0 Å². The van der Waals surface area contributed by atoms with Gasteiger partial charge in [0.1, 0.15) is 23.0 Å². The zero-order valence-corrected chi connectivity index (χ0v) is 21.7. The fourth-order valence-corrected chi connectivity index (χ4v) is 8.33. The summed E-state index contributed by atoms with van der Waals surface area (Å²) >= 11 is 5.91. The Morgan fingerprint density at radius 3 is 2.28 bits per heavy atom. The van der Waals surface area contributed by atoms with E-state index in [4.69, 9.17) is 16.3 Å². The number of benzene rings is 2. The Hall–Kier alpha value is -2.08. The van der Waals surface area contributed by atoms with Crippen molar-refractivity contribution in [2.45, 2.75) is 41.4 Å². The van der Waals surface area contributed by atoms with Crippen molar-refractivity contribution in [3.05, 3.63) is 64.7 Å². The normalized spacial score (nSPS) is 24.4. The van der Waals surface area contributed by atoms with Gasteiger partial charge in [-0.25, -0.2) is 25.6 Å². The van der Waals surface area contributed by atoms with E-state index in [1.165, 1.54) is 29.2 Å². The summed E-state index contributed by atoms with van der Waals surface area (Å²) < 4.78 is 83.9. The van der Waals surface area contributed by atoms with Crippen LogP contribution in [0.25, 0.3) is 0 Å². The molecule has 1 heterocycles. The molecule has 2 aromatic rings. The number of carbonyl (C=O) groups is 1. The second kappa shape index (κ2) is 10.4. The predicted molar refractivity (Wildman–Crippen MR) is 130 cm³/mol. The van der Waals surface area contributed by atoms with Gasteiger partial charge in [-0.15, -0.1) is 0 Å². The number of amides is 1. The van der Waals surface area contributed by atoms with Crippen LogP contribution in [0.5, 0.6) is 0 Å². The number of halogens is 3. The van der Waals surface area contributed by atoms with Gasteiger partial charge in [0.25, 0.3) is 0 Å². The molecule has 4 rings (SSSR count). The molecule has 0 N–H and O–H groups in total. The van der Waals surface area contributed by atoms with E-state index in [9.17, 15) is 30.4 Å². The molecule has 1 saturated heterocycles. The molecule has 2 aromatic carbocycles. The largest absolute Gasteiger partial charge is 0.368 e. The fourth-order valence-electron chi connectivity index (χ4n) is 4.84. The quantitative estimate of drug-likeness (QED) is 0.535. The third-order valence-electron chi connectivity index (χ3n) is 6.94. The minimum atomic E-state index is -4.17. The topological polar surface area (TPSA) is 97.8 Å². The molecule has 0 unspecified atom stereocenters. The summed E-state index contributed by atoms with van der Waals surface area (Å²) in [5.74, 6) is -2.08. The minimum absolute atomic E-state index is 0.0425.